The average Bonchev–Trinajstić information content (AvgIpc) is 3.11. The van der Waals surface area contributed by atoms with Crippen LogP contribution in [-0.2, 0) is 25.9 Å². The highest BCUT2D eigenvalue weighted by Gasteiger charge is 2.19. The first-order chi connectivity index (χ1) is 16.2. The van der Waals surface area contributed by atoms with Gasteiger partial charge >= 0.3 is 0 Å². The van der Waals surface area contributed by atoms with E-state index >= 15 is 0 Å². The van der Waals surface area contributed by atoms with Crippen LogP contribution < -0.4 is 5.32 Å². The van der Waals surface area contributed by atoms with E-state index in [2.05, 4.69) is 54.2 Å². The maximum Gasteiger partial charge on any atom is 0.251 e. The van der Waals surface area contributed by atoms with Gasteiger partial charge in [0, 0.05) is 62.7 Å². The van der Waals surface area contributed by atoms with Gasteiger partial charge in [-0.1, -0.05) is 35.9 Å². The van der Waals surface area contributed by atoms with Crippen LogP contribution in [-0.4, -0.2) is 50.2 Å². The van der Waals surface area contributed by atoms with Crippen LogP contribution in [0.1, 0.15) is 33.1 Å². The van der Waals surface area contributed by atoms with E-state index in [4.69, 9.17) is 0 Å². The first kappa shape index (κ1) is 21.3. The molecule has 1 aliphatic rings. The van der Waals surface area contributed by atoms with E-state index < -0.39 is 0 Å². The van der Waals surface area contributed by atoms with Gasteiger partial charge in [-0.05, 0) is 36.8 Å². The number of carbonyl (C=O) groups excluding carboxylic acids is 1. The molecule has 2 aromatic carbocycles. The van der Waals surface area contributed by atoms with E-state index in [-0.39, 0.29) is 5.91 Å². The monoisotopic (exact) mass is 440 g/mol. The summed E-state index contributed by atoms with van der Waals surface area (Å²) in [6.45, 7) is 6.19. The van der Waals surface area contributed by atoms with Gasteiger partial charge in [0.2, 0.25) is 0 Å². The molecule has 1 amide bonds. The number of hydrogen-bond acceptors (Lipinski definition) is 5. The van der Waals surface area contributed by atoms with Crippen LogP contribution in [0.4, 0.5) is 0 Å². The van der Waals surface area contributed by atoms with Crippen LogP contribution in [0.15, 0.2) is 60.8 Å². The Morgan fingerprint density at radius 1 is 1.03 bits per heavy atom. The number of benzene rings is 2. The minimum absolute atomic E-state index is 0.0540. The Labute approximate surface area is 193 Å². The zero-order valence-corrected chi connectivity index (χ0v) is 18.9. The highest BCUT2D eigenvalue weighted by atomic mass is 16.1. The van der Waals surface area contributed by atoms with Gasteiger partial charge in [-0.2, -0.15) is 0 Å². The third kappa shape index (κ3) is 4.93. The van der Waals surface area contributed by atoms with Crippen molar-refractivity contribution in [3.05, 3.63) is 89.1 Å². The van der Waals surface area contributed by atoms with Gasteiger partial charge in [0.25, 0.3) is 5.91 Å². The molecule has 0 radical (unpaired) electrons. The largest absolute Gasteiger partial charge is 0.352 e. The van der Waals surface area contributed by atoms with Crippen molar-refractivity contribution in [2.24, 2.45) is 0 Å². The molecule has 1 aliphatic heterocycles. The lowest BCUT2D eigenvalue weighted by Crippen LogP contribution is -2.28. The second-order valence-corrected chi connectivity index (χ2v) is 8.61. The Bertz CT molecular complexity index is 1260. The number of pyridine rings is 1. The van der Waals surface area contributed by atoms with Crippen molar-refractivity contribution in [2.75, 3.05) is 19.6 Å². The molecular formula is C26H28N6O. The summed E-state index contributed by atoms with van der Waals surface area (Å²) >= 11 is 0. The molecule has 0 saturated carbocycles. The van der Waals surface area contributed by atoms with Gasteiger partial charge in [-0.15, -0.1) is 10.2 Å². The van der Waals surface area contributed by atoms with Crippen LogP contribution in [0, 0.1) is 6.92 Å². The first-order valence-corrected chi connectivity index (χ1v) is 11.5. The van der Waals surface area contributed by atoms with Crippen molar-refractivity contribution in [2.45, 2.75) is 32.9 Å². The zero-order chi connectivity index (χ0) is 22.6. The maximum absolute atomic E-state index is 12.4. The molecule has 0 atom stereocenters. The van der Waals surface area contributed by atoms with Crippen LogP contribution in [0.3, 0.4) is 0 Å². The van der Waals surface area contributed by atoms with Crippen molar-refractivity contribution in [3.8, 4) is 0 Å². The second-order valence-electron chi connectivity index (χ2n) is 8.61. The molecule has 0 unspecified atom stereocenters. The van der Waals surface area contributed by atoms with Crippen molar-refractivity contribution in [3.63, 3.8) is 0 Å². The molecule has 7 heteroatoms. The molecule has 0 bridgehead atoms. The summed E-state index contributed by atoms with van der Waals surface area (Å²) in [5.74, 6) is 1.91. The van der Waals surface area contributed by atoms with Gasteiger partial charge in [0.15, 0.2) is 0 Å². The van der Waals surface area contributed by atoms with Crippen LogP contribution in [0.2, 0.25) is 0 Å². The van der Waals surface area contributed by atoms with Crippen LogP contribution >= 0.6 is 0 Å². The fourth-order valence-electron chi connectivity index (χ4n) is 4.33. The molecule has 2 aromatic heterocycles. The summed E-state index contributed by atoms with van der Waals surface area (Å²) in [4.78, 5) is 19.3. The molecule has 0 aliphatic carbocycles. The third-order valence-corrected chi connectivity index (χ3v) is 6.22. The fourth-order valence-corrected chi connectivity index (χ4v) is 4.33. The predicted octanol–water partition coefficient (Wildman–Crippen LogP) is 3.17. The zero-order valence-electron chi connectivity index (χ0n) is 18.9. The topological polar surface area (TPSA) is 75.9 Å². The Balaban J connectivity index is 1.17. The number of rotatable bonds is 6. The maximum atomic E-state index is 12.4. The molecule has 168 valence electrons. The molecule has 7 nitrogen and oxygen atoms in total. The minimum Gasteiger partial charge on any atom is -0.352 e. The summed E-state index contributed by atoms with van der Waals surface area (Å²) < 4.78 is 2.22. The predicted molar refractivity (Wildman–Crippen MR) is 128 cm³/mol. The normalized spacial score (nSPS) is 14.1. The quantitative estimate of drug-likeness (QED) is 0.498. The SMILES string of the molecule is Cc1ccc(C(=O)NCCc2nnc3n2CCN(Cc2ccc4cccnc4c2)CC3)cc1. The lowest BCUT2D eigenvalue weighted by molar-refractivity contribution is 0.0954. The highest BCUT2D eigenvalue weighted by Crippen LogP contribution is 2.17. The number of fused-ring (bicyclic) bond motifs is 2. The van der Waals surface area contributed by atoms with E-state index in [1.165, 1.54) is 10.9 Å². The van der Waals surface area contributed by atoms with E-state index in [1.807, 2.05) is 43.5 Å². The number of aromatic nitrogens is 4. The van der Waals surface area contributed by atoms with Crippen molar-refractivity contribution in [1.82, 2.24) is 30.0 Å². The van der Waals surface area contributed by atoms with E-state index in [0.29, 0.717) is 18.5 Å². The Morgan fingerprint density at radius 3 is 2.79 bits per heavy atom. The molecule has 33 heavy (non-hydrogen) atoms. The molecule has 0 saturated heterocycles. The number of amides is 1. The molecule has 0 spiro atoms. The van der Waals surface area contributed by atoms with E-state index in [1.54, 1.807) is 0 Å². The van der Waals surface area contributed by atoms with Crippen LogP contribution in [0.25, 0.3) is 10.9 Å². The van der Waals surface area contributed by atoms with E-state index in [0.717, 1.165) is 55.3 Å². The number of nitrogens with zero attached hydrogens (tertiary/aromatic N) is 5. The lowest BCUT2D eigenvalue weighted by Gasteiger charge is -2.20. The standard InChI is InChI=1S/C26H28N6O/c1-19-4-7-22(8-5-19)26(33)28-13-10-24-29-30-25-11-14-31(15-16-32(24)25)18-20-6-9-21-3-2-12-27-23(21)17-20/h2-9,12,17H,10-11,13-16,18H2,1H3,(H,28,33). The Morgan fingerprint density at radius 2 is 1.91 bits per heavy atom. The fraction of sp³-hybridized carbons (Fsp3) is 0.308. The first-order valence-electron chi connectivity index (χ1n) is 11.5. The Hall–Kier alpha value is -3.58. The summed E-state index contributed by atoms with van der Waals surface area (Å²) in [5, 5.41) is 13.0. The summed E-state index contributed by atoms with van der Waals surface area (Å²) in [6.07, 6.45) is 3.38. The molecule has 0 fully saturated rings. The van der Waals surface area contributed by atoms with Gasteiger partial charge < -0.3 is 9.88 Å². The molecule has 5 rings (SSSR count). The van der Waals surface area contributed by atoms with Crippen molar-refractivity contribution in [1.29, 1.82) is 0 Å². The lowest BCUT2D eigenvalue weighted by atomic mass is 10.1. The molecular weight excluding hydrogens is 412 g/mol. The molecule has 3 heterocycles. The van der Waals surface area contributed by atoms with Gasteiger partial charge in [-0.25, -0.2) is 0 Å². The minimum atomic E-state index is -0.0540. The van der Waals surface area contributed by atoms with Gasteiger partial charge in [0.1, 0.15) is 11.6 Å². The molecule has 1 N–H and O–H groups in total. The smallest absolute Gasteiger partial charge is 0.251 e. The summed E-state index contributed by atoms with van der Waals surface area (Å²) in [6, 6.07) is 18.2. The number of hydrogen-bond donors (Lipinski definition) is 1. The number of carbonyl (C=O) groups is 1. The number of nitrogens with one attached hydrogen (secondary N) is 1. The van der Waals surface area contributed by atoms with Gasteiger partial charge in [0.05, 0.1) is 5.52 Å². The number of aryl methyl sites for hydroxylation is 1. The average molecular weight is 441 g/mol. The van der Waals surface area contributed by atoms with Crippen molar-refractivity contribution < 1.29 is 4.79 Å². The third-order valence-electron chi connectivity index (χ3n) is 6.22. The van der Waals surface area contributed by atoms with Crippen molar-refractivity contribution >= 4 is 16.8 Å². The highest BCUT2D eigenvalue weighted by molar-refractivity contribution is 5.94. The molecule has 4 aromatic rings. The Kier molecular flexibility index (Phi) is 6.13. The van der Waals surface area contributed by atoms with Crippen LogP contribution in [0.5, 0.6) is 0 Å². The van der Waals surface area contributed by atoms with E-state index in [9.17, 15) is 4.79 Å². The second kappa shape index (κ2) is 9.50. The summed E-state index contributed by atoms with van der Waals surface area (Å²) in [5.41, 5.74) is 4.14. The summed E-state index contributed by atoms with van der Waals surface area (Å²) in [7, 11) is 0. The van der Waals surface area contributed by atoms with Gasteiger partial charge in [-0.3, -0.25) is 14.7 Å².